The summed E-state index contributed by atoms with van der Waals surface area (Å²) in [6.07, 6.45) is -2.97. The summed E-state index contributed by atoms with van der Waals surface area (Å²) in [4.78, 5) is 13.7. The molecule has 0 fully saturated rings. The number of halogens is 3. The molecule has 1 aromatic carbocycles. The number of hydrogen-bond acceptors (Lipinski definition) is 5. The molecule has 2 aliphatic rings. The number of alkyl halides is 2. The second-order valence-electron chi connectivity index (χ2n) is 5.80. The molecule has 1 unspecified atom stereocenters. The van der Waals surface area contributed by atoms with Gasteiger partial charge in [0.25, 0.3) is 6.43 Å². The molecule has 0 saturated heterocycles. The van der Waals surface area contributed by atoms with Crippen LogP contribution < -0.4 is 0 Å². The molecule has 0 N–H and O–H groups in total. The molecule has 0 aromatic heterocycles. The molecule has 0 aliphatic carbocycles. The van der Waals surface area contributed by atoms with Gasteiger partial charge in [-0.05, 0) is 19.1 Å². The fourth-order valence-electron chi connectivity index (χ4n) is 2.51. The number of nitrogens with zero attached hydrogens (tertiary/aromatic N) is 4. The molecule has 8 heteroatoms. The normalized spacial score (nSPS) is 20.3. The first kappa shape index (κ1) is 16.9. The van der Waals surface area contributed by atoms with Gasteiger partial charge in [-0.1, -0.05) is 17.8 Å². The van der Waals surface area contributed by atoms with E-state index in [9.17, 15) is 13.2 Å². The maximum Gasteiger partial charge on any atom is 0.263 e. The van der Waals surface area contributed by atoms with E-state index in [0.717, 1.165) is 16.1 Å². The van der Waals surface area contributed by atoms with Crippen molar-refractivity contribution >= 4 is 28.5 Å². The summed E-state index contributed by atoms with van der Waals surface area (Å²) < 4.78 is 39.9. The third kappa shape index (κ3) is 2.79. The van der Waals surface area contributed by atoms with Gasteiger partial charge in [0.15, 0.2) is 11.3 Å². The highest BCUT2D eigenvalue weighted by Gasteiger charge is 2.36. The maximum atomic E-state index is 14.4. The lowest BCUT2D eigenvalue weighted by Crippen LogP contribution is -2.36. The summed E-state index contributed by atoms with van der Waals surface area (Å²) in [5, 5.41) is 0.800. The van der Waals surface area contributed by atoms with E-state index in [0.29, 0.717) is 11.5 Å². The molecule has 2 heterocycles. The van der Waals surface area contributed by atoms with Crippen molar-refractivity contribution in [1.29, 1.82) is 0 Å². The standard InChI is InChI=1S/C16H17F3N4S/c1-8-20-12(10-6-5-9(14(18)19)7-11(10)17)13-15(23(8)4)21-16(24-13)22(2)3/h5-7,14-15H,1-4H3. The fraction of sp³-hybridized carbons (Fsp3) is 0.375. The van der Waals surface area contributed by atoms with E-state index >= 15 is 0 Å². The Labute approximate surface area is 142 Å². The molecular weight excluding hydrogens is 337 g/mol. The van der Waals surface area contributed by atoms with Gasteiger partial charge < -0.3 is 9.80 Å². The van der Waals surface area contributed by atoms with Gasteiger partial charge in [0, 0.05) is 32.3 Å². The SMILES string of the molecule is CC1=NC(c2ccc(C(F)F)cc2F)=C2SC(N(C)C)=NC2N1C. The van der Waals surface area contributed by atoms with E-state index in [1.807, 2.05) is 37.9 Å². The zero-order valence-corrected chi connectivity index (χ0v) is 14.5. The quantitative estimate of drug-likeness (QED) is 0.810. The molecule has 2 aliphatic heterocycles. The second kappa shape index (κ2) is 6.16. The summed E-state index contributed by atoms with van der Waals surface area (Å²) in [5.41, 5.74) is 0.338. The van der Waals surface area contributed by atoms with Crippen molar-refractivity contribution < 1.29 is 13.2 Å². The van der Waals surface area contributed by atoms with Crippen LogP contribution in [0.2, 0.25) is 0 Å². The number of amidine groups is 2. The average Bonchev–Trinajstić information content (AvgIpc) is 2.97. The van der Waals surface area contributed by atoms with Gasteiger partial charge in [0.1, 0.15) is 11.7 Å². The van der Waals surface area contributed by atoms with Crippen molar-refractivity contribution in [2.24, 2.45) is 9.98 Å². The topological polar surface area (TPSA) is 31.2 Å². The van der Waals surface area contributed by atoms with Crippen LogP contribution >= 0.6 is 11.8 Å². The van der Waals surface area contributed by atoms with Crippen molar-refractivity contribution in [3.63, 3.8) is 0 Å². The number of rotatable bonds is 2. The van der Waals surface area contributed by atoms with E-state index in [2.05, 4.69) is 9.98 Å². The summed E-state index contributed by atoms with van der Waals surface area (Å²) in [7, 11) is 5.64. The van der Waals surface area contributed by atoms with Crippen LogP contribution in [0.5, 0.6) is 0 Å². The Kier molecular flexibility index (Phi) is 4.33. The average molecular weight is 354 g/mol. The summed E-state index contributed by atoms with van der Waals surface area (Å²) in [5.74, 6) is -0.00509. The highest BCUT2D eigenvalue weighted by Crippen LogP contribution is 2.42. The molecule has 3 rings (SSSR count). The zero-order valence-electron chi connectivity index (χ0n) is 13.7. The Hall–Kier alpha value is -1.96. The Morgan fingerprint density at radius 2 is 2.00 bits per heavy atom. The van der Waals surface area contributed by atoms with E-state index in [1.165, 1.54) is 23.9 Å². The third-order valence-corrected chi connectivity index (χ3v) is 5.21. The van der Waals surface area contributed by atoms with Crippen molar-refractivity contribution in [3.8, 4) is 0 Å². The summed E-state index contributed by atoms with van der Waals surface area (Å²) in [6, 6.07) is 3.48. The molecule has 0 bridgehead atoms. The number of hydrogen-bond donors (Lipinski definition) is 0. The van der Waals surface area contributed by atoms with Crippen LogP contribution in [0.3, 0.4) is 0 Å². The van der Waals surface area contributed by atoms with Crippen molar-refractivity contribution in [2.75, 3.05) is 21.1 Å². The van der Waals surface area contributed by atoms with Gasteiger partial charge in [-0.25, -0.2) is 23.2 Å². The highest BCUT2D eigenvalue weighted by molar-refractivity contribution is 8.17. The number of fused-ring (bicyclic) bond motifs is 1. The molecule has 4 nitrogen and oxygen atoms in total. The number of aliphatic imine (C=N–C) groups is 2. The third-order valence-electron chi connectivity index (χ3n) is 3.94. The monoisotopic (exact) mass is 354 g/mol. The minimum absolute atomic E-state index is 0.217. The lowest BCUT2D eigenvalue weighted by molar-refractivity contribution is 0.151. The predicted molar refractivity (Wildman–Crippen MR) is 91.7 cm³/mol. The largest absolute Gasteiger partial charge is 0.357 e. The molecular formula is C16H17F3N4S. The van der Waals surface area contributed by atoms with Gasteiger partial charge in [0.2, 0.25) is 0 Å². The molecule has 128 valence electrons. The smallest absolute Gasteiger partial charge is 0.263 e. The first-order valence-electron chi connectivity index (χ1n) is 7.33. The van der Waals surface area contributed by atoms with E-state index in [-0.39, 0.29) is 17.3 Å². The minimum atomic E-state index is -2.70. The van der Waals surface area contributed by atoms with Crippen molar-refractivity contribution in [1.82, 2.24) is 9.80 Å². The molecule has 1 aromatic rings. The zero-order chi connectivity index (χ0) is 17.6. The molecule has 0 amide bonds. The Morgan fingerprint density at radius 1 is 1.29 bits per heavy atom. The maximum absolute atomic E-state index is 14.4. The second-order valence-corrected chi connectivity index (χ2v) is 6.81. The molecule has 24 heavy (non-hydrogen) atoms. The predicted octanol–water partition coefficient (Wildman–Crippen LogP) is 3.79. The number of benzene rings is 1. The minimum Gasteiger partial charge on any atom is -0.357 e. The van der Waals surface area contributed by atoms with Crippen LogP contribution in [-0.4, -0.2) is 48.1 Å². The Balaban J connectivity index is 2.10. The highest BCUT2D eigenvalue weighted by atomic mass is 32.2. The van der Waals surface area contributed by atoms with Crippen LogP contribution in [0.4, 0.5) is 13.2 Å². The lowest BCUT2D eigenvalue weighted by Gasteiger charge is -2.29. The first-order valence-corrected chi connectivity index (χ1v) is 8.14. The summed E-state index contributed by atoms with van der Waals surface area (Å²) in [6.45, 7) is 1.82. The Bertz CT molecular complexity index is 771. The van der Waals surface area contributed by atoms with Crippen LogP contribution in [0.15, 0.2) is 33.1 Å². The van der Waals surface area contributed by atoms with Gasteiger partial charge in [0.05, 0.1) is 10.6 Å². The Morgan fingerprint density at radius 3 is 2.58 bits per heavy atom. The first-order chi connectivity index (χ1) is 11.3. The molecule has 0 radical (unpaired) electrons. The van der Waals surface area contributed by atoms with Crippen LogP contribution in [0.25, 0.3) is 5.70 Å². The lowest BCUT2D eigenvalue weighted by atomic mass is 10.1. The van der Waals surface area contributed by atoms with Gasteiger partial charge >= 0.3 is 0 Å². The van der Waals surface area contributed by atoms with Crippen molar-refractivity contribution in [2.45, 2.75) is 19.5 Å². The van der Waals surface area contributed by atoms with Crippen LogP contribution in [-0.2, 0) is 0 Å². The summed E-state index contributed by atoms with van der Waals surface area (Å²) >= 11 is 1.42. The molecule has 1 atom stereocenters. The van der Waals surface area contributed by atoms with Crippen molar-refractivity contribution in [3.05, 3.63) is 40.0 Å². The fourth-order valence-corrected chi connectivity index (χ4v) is 3.61. The number of thioether (sulfide) groups is 1. The van der Waals surface area contributed by atoms with E-state index < -0.39 is 12.2 Å². The van der Waals surface area contributed by atoms with Gasteiger partial charge in [-0.15, -0.1) is 0 Å². The molecule has 0 saturated carbocycles. The van der Waals surface area contributed by atoms with Crippen LogP contribution in [0.1, 0.15) is 24.5 Å². The van der Waals surface area contributed by atoms with E-state index in [1.54, 1.807) is 0 Å². The van der Waals surface area contributed by atoms with Crippen LogP contribution in [0, 0.1) is 5.82 Å². The molecule has 0 spiro atoms. The number of likely N-dealkylation sites (N-methyl/N-ethyl adjacent to an activating group) is 1. The van der Waals surface area contributed by atoms with E-state index in [4.69, 9.17) is 0 Å². The van der Waals surface area contributed by atoms with Gasteiger partial charge in [-0.2, -0.15) is 0 Å². The van der Waals surface area contributed by atoms with Gasteiger partial charge in [-0.3, -0.25) is 0 Å².